The van der Waals surface area contributed by atoms with E-state index in [1.807, 2.05) is 53.4 Å². The second-order valence-electron chi connectivity index (χ2n) is 6.85. The Kier molecular flexibility index (Phi) is 5.82. The summed E-state index contributed by atoms with van der Waals surface area (Å²) in [7, 11) is 3.32. The average molecular weight is 353 g/mol. The van der Waals surface area contributed by atoms with Gasteiger partial charge in [-0.1, -0.05) is 18.2 Å². The zero-order valence-electron chi connectivity index (χ0n) is 15.8. The molecule has 0 N–H and O–H groups in total. The number of methoxy groups -OCH3 is 2. The number of nitrogens with zero attached hydrogens (tertiary/aromatic N) is 1. The quantitative estimate of drug-likeness (QED) is 0.703. The highest BCUT2D eigenvalue weighted by Gasteiger charge is 2.35. The lowest BCUT2D eigenvalue weighted by molar-refractivity contribution is -0.119. The van der Waals surface area contributed by atoms with Gasteiger partial charge in [-0.25, -0.2) is 0 Å². The van der Waals surface area contributed by atoms with Gasteiger partial charge in [-0.2, -0.15) is 0 Å². The molecule has 0 spiro atoms. The van der Waals surface area contributed by atoms with Crippen LogP contribution in [-0.2, 0) is 11.2 Å². The molecule has 0 saturated heterocycles. The third-order valence-corrected chi connectivity index (χ3v) is 5.13. The summed E-state index contributed by atoms with van der Waals surface area (Å²) < 4.78 is 10.6. The molecule has 1 unspecified atom stereocenters. The van der Waals surface area contributed by atoms with Gasteiger partial charge in [-0.05, 0) is 68.0 Å². The van der Waals surface area contributed by atoms with Crippen LogP contribution in [0.2, 0.25) is 0 Å². The molecule has 1 aliphatic carbocycles. The number of para-hydroxylation sites is 1. The van der Waals surface area contributed by atoms with Crippen molar-refractivity contribution in [3.8, 4) is 11.5 Å². The summed E-state index contributed by atoms with van der Waals surface area (Å²) >= 11 is 0. The fourth-order valence-corrected chi connectivity index (χ4v) is 3.41. The molecule has 0 bridgehead atoms. The van der Waals surface area contributed by atoms with Crippen LogP contribution in [0.5, 0.6) is 11.5 Å². The molecule has 1 aliphatic rings. The number of rotatable bonds is 8. The number of hydrogen-bond donors (Lipinski definition) is 0. The number of carbonyl (C=O) groups excluding carboxylic acids is 1. The van der Waals surface area contributed by atoms with Crippen LogP contribution in [0.1, 0.15) is 31.7 Å². The van der Waals surface area contributed by atoms with Gasteiger partial charge in [0.1, 0.15) is 11.5 Å². The van der Waals surface area contributed by atoms with Crippen LogP contribution in [-0.4, -0.2) is 26.2 Å². The number of ether oxygens (including phenoxy) is 2. The van der Waals surface area contributed by atoms with Crippen molar-refractivity contribution in [2.45, 2.75) is 38.6 Å². The number of benzene rings is 2. The van der Waals surface area contributed by atoms with Crippen LogP contribution in [0.15, 0.2) is 48.5 Å². The highest BCUT2D eigenvalue weighted by atomic mass is 16.5. The maximum Gasteiger partial charge on any atom is 0.227 e. The van der Waals surface area contributed by atoms with Crippen LogP contribution >= 0.6 is 0 Å². The molecular formula is C22H27NO3. The Morgan fingerprint density at radius 2 is 1.77 bits per heavy atom. The predicted molar refractivity (Wildman–Crippen MR) is 104 cm³/mol. The minimum atomic E-state index is 0.153. The molecule has 4 nitrogen and oxygen atoms in total. The number of anilines is 1. The molecule has 26 heavy (non-hydrogen) atoms. The first-order valence-corrected chi connectivity index (χ1v) is 9.22. The molecule has 1 atom stereocenters. The maximum atomic E-state index is 13.1. The zero-order chi connectivity index (χ0) is 18.5. The monoisotopic (exact) mass is 353 g/mol. The lowest BCUT2D eigenvalue weighted by Gasteiger charge is -2.30. The van der Waals surface area contributed by atoms with Crippen LogP contribution in [0.4, 0.5) is 5.69 Å². The molecular weight excluding hydrogens is 326 g/mol. The van der Waals surface area contributed by atoms with Crippen molar-refractivity contribution in [2.24, 2.45) is 5.92 Å². The van der Waals surface area contributed by atoms with E-state index in [0.29, 0.717) is 18.8 Å². The third-order valence-electron chi connectivity index (χ3n) is 5.13. The molecule has 1 fully saturated rings. The molecule has 0 aromatic heterocycles. The van der Waals surface area contributed by atoms with Gasteiger partial charge in [0.25, 0.3) is 0 Å². The van der Waals surface area contributed by atoms with Gasteiger partial charge in [0.2, 0.25) is 5.91 Å². The highest BCUT2D eigenvalue weighted by molar-refractivity contribution is 5.94. The Morgan fingerprint density at radius 3 is 2.38 bits per heavy atom. The van der Waals surface area contributed by atoms with Crippen molar-refractivity contribution in [1.82, 2.24) is 0 Å². The summed E-state index contributed by atoms with van der Waals surface area (Å²) in [6, 6.07) is 15.9. The first kappa shape index (κ1) is 18.3. The van der Waals surface area contributed by atoms with E-state index in [9.17, 15) is 4.79 Å². The number of hydrogen-bond acceptors (Lipinski definition) is 3. The normalized spacial score (nSPS) is 14.6. The second-order valence-corrected chi connectivity index (χ2v) is 6.85. The Hall–Kier alpha value is -2.49. The van der Waals surface area contributed by atoms with E-state index in [2.05, 4.69) is 6.92 Å². The lowest BCUT2D eigenvalue weighted by Crippen LogP contribution is -2.40. The summed E-state index contributed by atoms with van der Waals surface area (Å²) in [5.74, 6) is 2.40. The van der Waals surface area contributed by atoms with Crippen molar-refractivity contribution in [2.75, 3.05) is 19.1 Å². The predicted octanol–water partition coefficient (Wildman–Crippen LogP) is 4.47. The summed E-state index contributed by atoms with van der Waals surface area (Å²) in [6.45, 7) is 2.16. The Morgan fingerprint density at radius 1 is 1.08 bits per heavy atom. The summed E-state index contributed by atoms with van der Waals surface area (Å²) in [5, 5.41) is 0. The van der Waals surface area contributed by atoms with Gasteiger partial charge in [-0.3, -0.25) is 4.79 Å². The fraction of sp³-hybridized carbons (Fsp3) is 0.409. The number of aryl methyl sites for hydroxylation is 1. The highest BCUT2D eigenvalue weighted by Crippen LogP contribution is 2.37. The van der Waals surface area contributed by atoms with Crippen LogP contribution in [0, 0.1) is 5.92 Å². The van der Waals surface area contributed by atoms with E-state index in [4.69, 9.17) is 9.47 Å². The average Bonchev–Trinajstić information content (AvgIpc) is 3.52. The van der Waals surface area contributed by atoms with E-state index in [0.717, 1.165) is 22.7 Å². The molecule has 1 saturated carbocycles. The summed E-state index contributed by atoms with van der Waals surface area (Å²) in [5.41, 5.74) is 2.01. The first-order chi connectivity index (χ1) is 12.6. The van der Waals surface area contributed by atoms with Gasteiger partial charge in [0, 0.05) is 18.2 Å². The molecule has 3 rings (SSSR count). The van der Waals surface area contributed by atoms with Crippen molar-refractivity contribution in [3.05, 3.63) is 54.1 Å². The van der Waals surface area contributed by atoms with Crippen molar-refractivity contribution in [3.63, 3.8) is 0 Å². The van der Waals surface area contributed by atoms with Gasteiger partial charge in [0.15, 0.2) is 0 Å². The SMILES string of the molecule is COc1ccc(N(C(=O)CCc2ccccc2OC)C(C)C2CC2)cc1. The maximum absolute atomic E-state index is 13.1. The van der Waals surface area contributed by atoms with E-state index < -0.39 is 0 Å². The number of amides is 1. The topological polar surface area (TPSA) is 38.8 Å². The smallest absolute Gasteiger partial charge is 0.227 e. The van der Waals surface area contributed by atoms with Crippen LogP contribution in [0.3, 0.4) is 0 Å². The number of carbonyl (C=O) groups is 1. The van der Waals surface area contributed by atoms with Gasteiger partial charge in [-0.15, -0.1) is 0 Å². The van der Waals surface area contributed by atoms with E-state index in [-0.39, 0.29) is 11.9 Å². The Labute approximate surface area is 155 Å². The van der Waals surface area contributed by atoms with Crippen LogP contribution < -0.4 is 14.4 Å². The molecule has 2 aromatic carbocycles. The van der Waals surface area contributed by atoms with E-state index in [1.54, 1.807) is 14.2 Å². The first-order valence-electron chi connectivity index (χ1n) is 9.22. The third kappa shape index (κ3) is 4.18. The largest absolute Gasteiger partial charge is 0.497 e. The molecule has 138 valence electrons. The lowest BCUT2D eigenvalue weighted by atomic mass is 10.1. The Bertz CT molecular complexity index is 737. The molecule has 1 amide bonds. The van der Waals surface area contributed by atoms with Crippen LogP contribution in [0.25, 0.3) is 0 Å². The van der Waals surface area contributed by atoms with Gasteiger partial charge in [0.05, 0.1) is 14.2 Å². The molecule has 0 radical (unpaired) electrons. The van der Waals surface area contributed by atoms with Crippen molar-refractivity contribution >= 4 is 11.6 Å². The fourth-order valence-electron chi connectivity index (χ4n) is 3.41. The molecule has 2 aromatic rings. The minimum Gasteiger partial charge on any atom is -0.497 e. The standard InChI is InChI=1S/C22H27NO3/c1-16(17-8-9-17)23(19-11-13-20(25-2)14-12-19)22(24)15-10-18-6-4-5-7-21(18)26-3/h4-7,11-14,16-17H,8-10,15H2,1-3H3. The van der Waals surface area contributed by atoms with Gasteiger partial charge >= 0.3 is 0 Å². The van der Waals surface area contributed by atoms with Crippen molar-refractivity contribution < 1.29 is 14.3 Å². The molecule has 0 heterocycles. The molecule has 4 heteroatoms. The summed E-state index contributed by atoms with van der Waals surface area (Å²) in [6.07, 6.45) is 3.54. The van der Waals surface area contributed by atoms with Gasteiger partial charge < -0.3 is 14.4 Å². The van der Waals surface area contributed by atoms with Crippen molar-refractivity contribution in [1.29, 1.82) is 0 Å². The zero-order valence-corrected chi connectivity index (χ0v) is 15.8. The molecule has 0 aliphatic heterocycles. The summed E-state index contributed by atoms with van der Waals surface area (Å²) in [4.78, 5) is 15.1. The second kappa shape index (κ2) is 8.26. The minimum absolute atomic E-state index is 0.153. The van der Waals surface area contributed by atoms with E-state index in [1.165, 1.54) is 12.8 Å². The van der Waals surface area contributed by atoms with E-state index >= 15 is 0 Å². The Balaban J connectivity index is 1.76.